The van der Waals surface area contributed by atoms with Crippen molar-refractivity contribution >= 4 is 52.4 Å². The fraction of sp³-hybridized carbons (Fsp3) is 0.0476. The molecule has 0 radical (unpaired) electrons. The van der Waals surface area contributed by atoms with Gasteiger partial charge in [0.05, 0.1) is 6.21 Å². The van der Waals surface area contributed by atoms with Gasteiger partial charge in [-0.25, -0.2) is 0 Å². The summed E-state index contributed by atoms with van der Waals surface area (Å²) in [5.74, 6) is 0.681. The van der Waals surface area contributed by atoms with Crippen molar-refractivity contribution in [3.8, 4) is 5.75 Å². The van der Waals surface area contributed by atoms with Crippen LogP contribution >= 0.6 is 35.4 Å². The fourth-order valence-electron chi connectivity index (χ4n) is 2.35. The van der Waals surface area contributed by atoms with E-state index in [0.717, 1.165) is 16.8 Å². The molecule has 0 heterocycles. The maximum atomic E-state index is 6.20. The first-order valence-corrected chi connectivity index (χ1v) is 9.59. The van der Waals surface area contributed by atoms with Crippen molar-refractivity contribution in [3.63, 3.8) is 0 Å². The van der Waals surface area contributed by atoms with E-state index in [0.29, 0.717) is 27.5 Å². The van der Waals surface area contributed by atoms with Crippen LogP contribution in [0.15, 0.2) is 77.9 Å². The van der Waals surface area contributed by atoms with E-state index in [2.05, 4.69) is 15.8 Å². The molecule has 0 unspecified atom stereocenters. The first kappa shape index (κ1) is 20.1. The summed E-state index contributed by atoms with van der Waals surface area (Å²) in [5, 5.41) is 8.78. The third-order valence-corrected chi connectivity index (χ3v) is 4.50. The van der Waals surface area contributed by atoms with Crippen LogP contribution < -0.4 is 15.5 Å². The van der Waals surface area contributed by atoms with E-state index in [1.54, 1.807) is 18.3 Å². The van der Waals surface area contributed by atoms with E-state index < -0.39 is 0 Å². The molecule has 2 N–H and O–H groups in total. The number of rotatable bonds is 6. The van der Waals surface area contributed by atoms with E-state index in [1.807, 2.05) is 60.7 Å². The first-order valence-electron chi connectivity index (χ1n) is 8.42. The van der Waals surface area contributed by atoms with E-state index in [1.165, 1.54) is 0 Å². The average Bonchev–Trinajstić information content (AvgIpc) is 2.69. The summed E-state index contributed by atoms with van der Waals surface area (Å²) in [6.45, 7) is 0.322. The lowest BCUT2D eigenvalue weighted by atomic mass is 10.2. The number of benzene rings is 3. The standard InChI is InChI=1S/C21H17Cl2N3OS/c22-17-11-10-16(19(23)12-17)14-27-20-9-5-4-6-15(20)13-24-26-21(28)25-18-7-2-1-3-8-18/h1-13H,14H2,(H2,25,26,28)/b24-13-. The number of nitrogens with one attached hydrogen (secondary N) is 2. The van der Waals surface area contributed by atoms with Crippen LogP contribution in [0.4, 0.5) is 5.69 Å². The molecule has 0 amide bonds. The second kappa shape index (κ2) is 10.1. The number of anilines is 1. The van der Waals surface area contributed by atoms with Crippen molar-refractivity contribution in [3.05, 3.63) is 94.0 Å². The zero-order valence-electron chi connectivity index (χ0n) is 14.7. The number of hydrazone groups is 1. The Hall–Kier alpha value is -2.60. The molecule has 142 valence electrons. The van der Waals surface area contributed by atoms with Crippen molar-refractivity contribution in [2.45, 2.75) is 6.61 Å². The van der Waals surface area contributed by atoms with Crippen molar-refractivity contribution in [1.82, 2.24) is 5.43 Å². The quantitative estimate of drug-likeness (QED) is 0.291. The molecule has 0 bridgehead atoms. The predicted molar refractivity (Wildman–Crippen MR) is 121 cm³/mol. The lowest BCUT2D eigenvalue weighted by Gasteiger charge is -2.10. The molecule has 3 aromatic rings. The van der Waals surface area contributed by atoms with Crippen LogP contribution in [0.2, 0.25) is 10.0 Å². The lowest BCUT2D eigenvalue weighted by molar-refractivity contribution is 0.306. The average molecular weight is 430 g/mol. The molecule has 0 fully saturated rings. The van der Waals surface area contributed by atoms with Gasteiger partial charge in [0, 0.05) is 26.9 Å². The largest absolute Gasteiger partial charge is 0.488 e. The van der Waals surface area contributed by atoms with Gasteiger partial charge in [0.2, 0.25) is 0 Å². The Bertz CT molecular complexity index is 980. The number of para-hydroxylation sites is 2. The highest BCUT2D eigenvalue weighted by Gasteiger charge is 2.05. The van der Waals surface area contributed by atoms with Gasteiger partial charge in [0.15, 0.2) is 5.11 Å². The van der Waals surface area contributed by atoms with E-state index in [9.17, 15) is 0 Å². The lowest BCUT2D eigenvalue weighted by Crippen LogP contribution is -2.23. The Balaban J connectivity index is 1.60. The number of thiocarbonyl (C=S) groups is 1. The Labute approximate surface area is 179 Å². The number of hydrogen-bond acceptors (Lipinski definition) is 3. The van der Waals surface area contributed by atoms with Gasteiger partial charge < -0.3 is 10.1 Å². The van der Waals surface area contributed by atoms with Crippen LogP contribution in [0.5, 0.6) is 5.75 Å². The Morgan fingerprint density at radius 2 is 1.75 bits per heavy atom. The van der Waals surface area contributed by atoms with E-state index in [4.69, 9.17) is 40.2 Å². The van der Waals surface area contributed by atoms with Gasteiger partial charge >= 0.3 is 0 Å². The highest BCUT2D eigenvalue weighted by Crippen LogP contribution is 2.23. The summed E-state index contributed by atoms with van der Waals surface area (Å²) in [5.41, 5.74) is 5.34. The summed E-state index contributed by atoms with van der Waals surface area (Å²) in [6, 6.07) is 22.5. The summed E-state index contributed by atoms with van der Waals surface area (Å²) in [7, 11) is 0. The molecule has 3 rings (SSSR count). The highest BCUT2D eigenvalue weighted by atomic mass is 35.5. The first-order chi connectivity index (χ1) is 13.6. The van der Waals surface area contributed by atoms with Crippen LogP contribution in [0.25, 0.3) is 0 Å². The molecule has 4 nitrogen and oxygen atoms in total. The number of nitrogens with zero attached hydrogens (tertiary/aromatic N) is 1. The van der Waals surface area contributed by atoms with Gasteiger partial charge in [0.1, 0.15) is 12.4 Å². The predicted octanol–water partition coefficient (Wildman–Crippen LogP) is 5.89. The Morgan fingerprint density at radius 3 is 2.54 bits per heavy atom. The molecule has 0 saturated heterocycles. The molecule has 0 spiro atoms. The zero-order valence-corrected chi connectivity index (χ0v) is 17.1. The third-order valence-electron chi connectivity index (χ3n) is 3.72. The maximum absolute atomic E-state index is 6.20. The summed E-state index contributed by atoms with van der Waals surface area (Å²) >= 11 is 17.4. The second-order valence-corrected chi connectivity index (χ2v) is 7.00. The monoisotopic (exact) mass is 429 g/mol. The van der Waals surface area contributed by atoms with Crippen molar-refractivity contribution in [1.29, 1.82) is 0 Å². The van der Waals surface area contributed by atoms with Crippen LogP contribution in [0.1, 0.15) is 11.1 Å². The highest BCUT2D eigenvalue weighted by molar-refractivity contribution is 7.80. The molecule has 0 aliphatic rings. The van der Waals surface area contributed by atoms with Gasteiger partial charge in [0.25, 0.3) is 0 Å². The SMILES string of the molecule is S=C(N/N=C\c1ccccc1OCc1ccc(Cl)cc1Cl)Nc1ccccc1. The molecule has 0 aromatic heterocycles. The second-order valence-electron chi connectivity index (χ2n) is 5.75. The Kier molecular flexibility index (Phi) is 7.25. The zero-order chi connectivity index (χ0) is 19.8. The molecular formula is C21H17Cl2N3OS. The van der Waals surface area contributed by atoms with Crippen molar-refractivity contribution in [2.75, 3.05) is 5.32 Å². The van der Waals surface area contributed by atoms with Crippen LogP contribution in [-0.2, 0) is 6.61 Å². The minimum absolute atomic E-state index is 0.322. The molecule has 0 saturated carbocycles. The van der Waals surface area contributed by atoms with Gasteiger partial charge in [-0.3, -0.25) is 5.43 Å². The Morgan fingerprint density at radius 1 is 1.00 bits per heavy atom. The topological polar surface area (TPSA) is 45.7 Å². The maximum Gasteiger partial charge on any atom is 0.191 e. The van der Waals surface area contributed by atoms with Gasteiger partial charge in [-0.05, 0) is 48.6 Å². The summed E-state index contributed by atoms with van der Waals surface area (Å²) in [6.07, 6.45) is 1.65. The third kappa shape index (κ3) is 5.96. The molecular weight excluding hydrogens is 413 g/mol. The van der Waals surface area contributed by atoms with Crippen LogP contribution in [0, 0.1) is 0 Å². The summed E-state index contributed by atoms with van der Waals surface area (Å²) in [4.78, 5) is 0. The molecule has 0 aliphatic carbocycles. The summed E-state index contributed by atoms with van der Waals surface area (Å²) < 4.78 is 5.90. The van der Waals surface area contributed by atoms with Crippen molar-refractivity contribution in [2.24, 2.45) is 5.10 Å². The smallest absolute Gasteiger partial charge is 0.191 e. The van der Waals surface area contributed by atoms with E-state index >= 15 is 0 Å². The van der Waals surface area contributed by atoms with Crippen LogP contribution in [-0.4, -0.2) is 11.3 Å². The molecule has 0 atom stereocenters. The van der Waals surface area contributed by atoms with Gasteiger partial charge in [-0.2, -0.15) is 5.10 Å². The van der Waals surface area contributed by atoms with E-state index in [-0.39, 0.29) is 0 Å². The number of hydrogen-bond donors (Lipinski definition) is 2. The normalized spacial score (nSPS) is 10.6. The van der Waals surface area contributed by atoms with Crippen molar-refractivity contribution < 1.29 is 4.74 Å². The number of halogens is 2. The minimum Gasteiger partial charge on any atom is -0.488 e. The fourth-order valence-corrected chi connectivity index (χ4v) is 2.99. The molecule has 0 aliphatic heterocycles. The van der Waals surface area contributed by atoms with Gasteiger partial charge in [-0.1, -0.05) is 59.6 Å². The minimum atomic E-state index is 0.322. The molecule has 28 heavy (non-hydrogen) atoms. The molecule has 3 aromatic carbocycles. The number of ether oxygens (including phenoxy) is 1. The van der Waals surface area contributed by atoms with Crippen LogP contribution in [0.3, 0.4) is 0 Å². The molecule has 7 heteroatoms. The van der Waals surface area contributed by atoms with Gasteiger partial charge in [-0.15, -0.1) is 0 Å².